The van der Waals surface area contributed by atoms with E-state index in [0.29, 0.717) is 13.2 Å². The number of esters is 1. The van der Waals surface area contributed by atoms with Crippen molar-refractivity contribution in [3.05, 3.63) is 0 Å². The van der Waals surface area contributed by atoms with E-state index in [1.54, 1.807) is 6.92 Å². The molecule has 0 rings (SSSR count). The topological polar surface area (TPSA) is 74.3 Å². The van der Waals surface area contributed by atoms with Crippen molar-refractivity contribution in [3.63, 3.8) is 0 Å². The molecular formula is C11H21NO6. The molecule has 0 spiro atoms. The van der Waals surface area contributed by atoms with E-state index in [4.69, 9.17) is 18.9 Å². The lowest BCUT2D eigenvalue weighted by Gasteiger charge is -2.22. The Bertz CT molecular complexity index is 232. The number of ether oxygens (including phenoxy) is 4. The summed E-state index contributed by atoms with van der Waals surface area (Å²) in [6.07, 6.45) is -0.594. The number of likely N-dealkylation sites (N-methyl/N-ethyl adjacent to an activating group) is 1. The van der Waals surface area contributed by atoms with Gasteiger partial charge in [0.25, 0.3) is 0 Å². The van der Waals surface area contributed by atoms with Crippen molar-refractivity contribution >= 4 is 12.1 Å². The van der Waals surface area contributed by atoms with Gasteiger partial charge < -0.3 is 18.9 Å². The van der Waals surface area contributed by atoms with Gasteiger partial charge in [0.05, 0.1) is 13.2 Å². The van der Waals surface area contributed by atoms with E-state index in [-0.39, 0.29) is 13.2 Å². The van der Waals surface area contributed by atoms with E-state index in [0.717, 1.165) is 0 Å². The quantitative estimate of drug-likeness (QED) is 0.462. The molecule has 0 bridgehead atoms. The zero-order chi connectivity index (χ0) is 14.0. The zero-order valence-electron chi connectivity index (χ0n) is 11.3. The smallest absolute Gasteiger partial charge is 0.410 e. The molecule has 0 aliphatic heterocycles. The van der Waals surface area contributed by atoms with Gasteiger partial charge in [0.1, 0.15) is 19.3 Å². The van der Waals surface area contributed by atoms with Crippen molar-refractivity contribution in [1.29, 1.82) is 0 Å². The molecule has 0 aliphatic carbocycles. The number of carbonyl (C=O) groups excluding carboxylic acids is 2. The predicted octanol–water partition coefficient (Wildman–Crippen LogP) is 0.279. The summed E-state index contributed by atoms with van der Waals surface area (Å²) >= 11 is 0. The monoisotopic (exact) mass is 263 g/mol. The van der Waals surface area contributed by atoms with Crippen molar-refractivity contribution < 1.29 is 28.5 Å². The summed E-state index contributed by atoms with van der Waals surface area (Å²) < 4.78 is 19.3. The van der Waals surface area contributed by atoms with E-state index in [9.17, 15) is 9.59 Å². The third-order valence-corrected chi connectivity index (χ3v) is 2.25. The molecule has 7 nitrogen and oxygen atoms in total. The molecule has 1 amide bonds. The van der Waals surface area contributed by atoms with Gasteiger partial charge >= 0.3 is 12.1 Å². The molecule has 0 radical (unpaired) electrons. The van der Waals surface area contributed by atoms with Crippen molar-refractivity contribution in [3.8, 4) is 0 Å². The number of carbonyl (C=O) groups is 2. The van der Waals surface area contributed by atoms with Crippen LogP contribution in [-0.2, 0) is 23.7 Å². The summed E-state index contributed by atoms with van der Waals surface area (Å²) in [5.74, 6) is -0.502. The Morgan fingerprint density at radius 3 is 2.00 bits per heavy atom. The van der Waals surface area contributed by atoms with Crippen LogP contribution < -0.4 is 0 Å². The Kier molecular flexibility index (Phi) is 8.95. The molecule has 18 heavy (non-hydrogen) atoms. The summed E-state index contributed by atoms with van der Waals surface area (Å²) in [4.78, 5) is 24.2. The summed E-state index contributed by atoms with van der Waals surface area (Å²) in [6, 6.07) is -0.711. The first-order valence-corrected chi connectivity index (χ1v) is 5.58. The first kappa shape index (κ1) is 16.7. The highest BCUT2D eigenvalue weighted by molar-refractivity contribution is 5.80. The second-order valence-corrected chi connectivity index (χ2v) is 3.55. The van der Waals surface area contributed by atoms with E-state index in [2.05, 4.69) is 0 Å². The maximum absolute atomic E-state index is 11.5. The van der Waals surface area contributed by atoms with Crippen molar-refractivity contribution in [1.82, 2.24) is 4.90 Å². The molecule has 0 N–H and O–H groups in total. The molecule has 0 aliphatic rings. The Balaban J connectivity index is 4.02. The second-order valence-electron chi connectivity index (χ2n) is 3.55. The van der Waals surface area contributed by atoms with Crippen LogP contribution in [0.3, 0.4) is 0 Å². The third-order valence-electron chi connectivity index (χ3n) is 2.25. The number of nitrogens with zero attached hydrogens (tertiary/aromatic N) is 1. The van der Waals surface area contributed by atoms with Gasteiger partial charge in [-0.05, 0) is 6.92 Å². The highest BCUT2D eigenvalue weighted by Crippen LogP contribution is 2.01. The Morgan fingerprint density at radius 1 is 1.00 bits per heavy atom. The van der Waals surface area contributed by atoms with Crippen molar-refractivity contribution in [2.45, 2.75) is 13.0 Å². The molecule has 0 heterocycles. The predicted molar refractivity (Wildman–Crippen MR) is 63.3 cm³/mol. The number of hydrogen-bond donors (Lipinski definition) is 0. The summed E-state index contributed by atoms with van der Waals surface area (Å²) in [7, 11) is 4.49. The minimum absolute atomic E-state index is 0.144. The third kappa shape index (κ3) is 6.41. The minimum atomic E-state index is -0.711. The standard InChI is InChI=1S/C11H21NO6/c1-9(10(13)17-7-5-15-3)12(2)11(14)18-8-6-16-4/h9H,5-8H2,1-4H3. The Morgan fingerprint density at radius 2 is 1.50 bits per heavy atom. The Labute approximate surface area is 107 Å². The van der Waals surface area contributed by atoms with Gasteiger partial charge in [-0.3, -0.25) is 4.90 Å². The lowest BCUT2D eigenvalue weighted by atomic mass is 10.3. The fraction of sp³-hybridized carbons (Fsp3) is 0.818. The van der Waals surface area contributed by atoms with Crippen LogP contribution in [0.2, 0.25) is 0 Å². The molecule has 0 aromatic carbocycles. The van der Waals surface area contributed by atoms with E-state index in [1.807, 2.05) is 0 Å². The second kappa shape index (κ2) is 9.67. The van der Waals surface area contributed by atoms with E-state index < -0.39 is 18.1 Å². The molecule has 0 saturated heterocycles. The van der Waals surface area contributed by atoms with Crippen molar-refractivity contribution in [2.24, 2.45) is 0 Å². The fourth-order valence-corrected chi connectivity index (χ4v) is 0.977. The maximum atomic E-state index is 11.5. The van der Waals surface area contributed by atoms with E-state index >= 15 is 0 Å². The highest BCUT2D eigenvalue weighted by atomic mass is 16.6. The van der Waals surface area contributed by atoms with Crippen LogP contribution in [-0.4, -0.2) is 70.7 Å². The highest BCUT2D eigenvalue weighted by Gasteiger charge is 2.24. The summed E-state index contributed by atoms with van der Waals surface area (Å²) in [5, 5.41) is 0. The number of hydrogen-bond acceptors (Lipinski definition) is 6. The number of rotatable bonds is 8. The lowest BCUT2D eigenvalue weighted by molar-refractivity contribution is -0.149. The normalized spacial score (nSPS) is 11.8. The van der Waals surface area contributed by atoms with Crippen LogP contribution in [0.1, 0.15) is 6.92 Å². The fourth-order valence-electron chi connectivity index (χ4n) is 0.977. The maximum Gasteiger partial charge on any atom is 0.410 e. The van der Waals surface area contributed by atoms with Gasteiger partial charge in [-0.2, -0.15) is 0 Å². The van der Waals surface area contributed by atoms with Crippen LogP contribution in [0.4, 0.5) is 4.79 Å². The SMILES string of the molecule is COCCOC(=O)C(C)N(C)C(=O)OCCOC. The molecule has 0 aromatic rings. The molecule has 7 heteroatoms. The molecule has 0 fully saturated rings. The van der Waals surface area contributed by atoms with Gasteiger partial charge in [-0.25, -0.2) is 9.59 Å². The average Bonchev–Trinajstić information content (AvgIpc) is 2.37. The van der Waals surface area contributed by atoms with Gasteiger partial charge in [0, 0.05) is 21.3 Å². The number of amides is 1. The van der Waals surface area contributed by atoms with E-state index in [1.165, 1.54) is 26.2 Å². The van der Waals surface area contributed by atoms with Crippen LogP contribution in [0.5, 0.6) is 0 Å². The minimum Gasteiger partial charge on any atom is -0.462 e. The van der Waals surface area contributed by atoms with Crippen LogP contribution in [0, 0.1) is 0 Å². The van der Waals surface area contributed by atoms with Crippen LogP contribution >= 0.6 is 0 Å². The van der Waals surface area contributed by atoms with Gasteiger partial charge in [0.15, 0.2) is 0 Å². The average molecular weight is 263 g/mol. The van der Waals surface area contributed by atoms with Gasteiger partial charge in [-0.1, -0.05) is 0 Å². The molecule has 0 aromatic heterocycles. The lowest BCUT2D eigenvalue weighted by Crippen LogP contribution is -2.42. The number of methoxy groups -OCH3 is 2. The van der Waals surface area contributed by atoms with Crippen molar-refractivity contribution in [2.75, 3.05) is 47.7 Å². The van der Waals surface area contributed by atoms with Crippen LogP contribution in [0.15, 0.2) is 0 Å². The first-order chi connectivity index (χ1) is 8.54. The summed E-state index contributed by atoms with van der Waals surface area (Å²) in [6.45, 7) is 2.50. The van der Waals surface area contributed by atoms with Crippen LogP contribution in [0.25, 0.3) is 0 Å². The molecule has 0 saturated carbocycles. The molecule has 1 atom stereocenters. The Hall–Kier alpha value is -1.34. The van der Waals surface area contributed by atoms with Gasteiger partial charge in [0.2, 0.25) is 0 Å². The van der Waals surface area contributed by atoms with Gasteiger partial charge in [-0.15, -0.1) is 0 Å². The first-order valence-electron chi connectivity index (χ1n) is 5.58. The zero-order valence-corrected chi connectivity index (χ0v) is 11.3. The summed E-state index contributed by atoms with van der Waals surface area (Å²) in [5.41, 5.74) is 0. The molecular weight excluding hydrogens is 242 g/mol. The largest absolute Gasteiger partial charge is 0.462 e. The molecule has 106 valence electrons. The molecule has 1 unspecified atom stereocenters.